The van der Waals surface area contributed by atoms with Crippen LogP contribution < -0.4 is 9.47 Å². The van der Waals surface area contributed by atoms with Crippen LogP contribution in [0.5, 0.6) is 11.5 Å². The maximum atomic E-state index is 5.23. The maximum absolute atomic E-state index is 5.23. The Balaban J connectivity index is 1.43. The average molecular weight is 439 g/mol. The van der Waals surface area contributed by atoms with E-state index in [4.69, 9.17) is 9.47 Å². The molecule has 0 aliphatic rings. The molecule has 0 fully saturated rings. The second kappa shape index (κ2) is 15.8. The zero-order valence-electron chi connectivity index (χ0n) is 21.1. The van der Waals surface area contributed by atoms with E-state index in [2.05, 4.69) is 62.4 Å². The Morgan fingerprint density at radius 2 is 0.844 bits per heavy atom. The molecule has 2 aromatic carbocycles. The lowest BCUT2D eigenvalue weighted by Crippen LogP contribution is -2.08. The fourth-order valence-corrected chi connectivity index (χ4v) is 4.45. The number of benzene rings is 2. The van der Waals surface area contributed by atoms with Crippen LogP contribution in [0.3, 0.4) is 0 Å². The summed E-state index contributed by atoms with van der Waals surface area (Å²) in [7, 11) is 3.45. The molecule has 2 unspecified atom stereocenters. The molecule has 0 bridgehead atoms. The molecule has 2 aromatic rings. The van der Waals surface area contributed by atoms with Gasteiger partial charge in [-0.3, -0.25) is 0 Å². The summed E-state index contributed by atoms with van der Waals surface area (Å²) in [6, 6.07) is 17.1. The van der Waals surface area contributed by atoms with Gasteiger partial charge in [-0.05, 0) is 72.9 Å². The van der Waals surface area contributed by atoms with Gasteiger partial charge in [-0.1, -0.05) is 89.5 Å². The Bertz CT molecular complexity index is 641. The van der Waals surface area contributed by atoms with E-state index in [-0.39, 0.29) is 0 Å². The molecule has 0 aliphatic carbocycles. The fourth-order valence-electron chi connectivity index (χ4n) is 4.45. The number of methoxy groups -OCH3 is 2. The van der Waals surface area contributed by atoms with Gasteiger partial charge in [0.25, 0.3) is 0 Å². The number of unbranched alkanes of at least 4 members (excludes halogenated alkanes) is 6. The van der Waals surface area contributed by atoms with E-state index in [9.17, 15) is 0 Å². The van der Waals surface area contributed by atoms with E-state index in [1.54, 1.807) is 14.2 Å². The van der Waals surface area contributed by atoms with Crippen molar-refractivity contribution in [3.63, 3.8) is 0 Å². The quantitative estimate of drug-likeness (QED) is 0.230. The molecule has 0 radical (unpaired) electrons. The zero-order chi connectivity index (χ0) is 23.0. The number of hydrogen-bond donors (Lipinski definition) is 0. The third-order valence-electron chi connectivity index (χ3n) is 7.04. The monoisotopic (exact) mass is 438 g/mol. The summed E-state index contributed by atoms with van der Waals surface area (Å²) in [5.41, 5.74) is 2.86. The van der Waals surface area contributed by atoms with Crippen LogP contribution in [0.2, 0.25) is 0 Å². The third-order valence-corrected chi connectivity index (χ3v) is 7.04. The molecule has 0 N–H and O–H groups in total. The van der Waals surface area contributed by atoms with Crippen molar-refractivity contribution in [3.05, 3.63) is 59.7 Å². The van der Waals surface area contributed by atoms with Crippen LogP contribution in [0.25, 0.3) is 0 Å². The molecular weight excluding hydrogens is 392 g/mol. The number of rotatable bonds is 17. The van der Waals surface area contributed by atoms with E-state index in [1.807, 2.05) is 0 Å². The SMILES string of the molecule is COc1ccc(CCCCCCC(C)C(C)CCCCCCc2ccc(OC)cc2)cc1. The fraction of sp³-hybridized carbons (Fsp3) is 0.600. The van der Waals surface area contributed by atoms with E-state index >= 15 is 0 Å². The van der Waals surface area contributed by atoms with Crippen molar-refractivity contribution in [3.8, 4) is 11.5 Å². The summed E-state index contributed by atoms with van der Waals surface area (Å²) in [6.45, 7) is 4.93. The molecule has 0 saturated carbocycles. The lowest BCUT2D eigenvalue weighted by Gasteiger charge is -2.19. The van der Waals surface area contributed by atoms with Crippen molar-refractivity contribution in [1.29, 1.82) is 0 Å². The van der Waals surface area contributed by atoms with Gasteiger partial charge in [0.15, 0.2) is 0 Å². The van der Waals surface area contributed by atoms with Gasteiger partial charge in [-0.25, -0.2) is 0 Å². The van der Waals surface area contributed by atoms with Gasteiger partial charge in [0, 0.05) is 0 Å². The number of aryl methyl sites for hydroxylation is 2. The van der Waals surface area contributed by atoms with Crippen molar-refractivity contribution in [2.24, 2.45) is 11.8 Å². The van der Waals surface area contributed by atoms with Crippen LogP contribution in [0, 0.1) is 11.8 Å². The third kappa shape index (κ3) is 10.6. The van der Waals surface area contributed by atoms with E-state index in [0.29, 0.717) is 0 Å². The van der Waals surface area contributed by atoms with Crippen LogP contribution in [-0.2, 0) is 12.8 Å². The van der Waals surface area contributed by atoms with Gasteiger partial charge < -0.3 is 9.47 Å². The second-order valence-corrected chi connectivity index (χ2v) is 9.56. The largest absolute Gasteiger partial charge is 0.497 e. The first kappa shape index (κ1) is 26.3. The Labute approximate surface area is 197 Å². The minimum absolute atomic E-state index is 0.857. The molecule has 2 rings (SSSR count). The standard InChI is InChI=1S/C30H46O2/c1-25(13-9-5-7-11-15-27-17-21-29(31-3)22-18-27)26(2)14-10-6-8-12-16-28-19-23-30(32-4)24-20-28/h17-26H,5-16H2,1-4H3. The Hall–Kier alpha value is -1.96. The molecule has 0 aromatic heterocycles. The van der Waals surface area contributed by atoms with E-state index < -0.39 is 0 Å². The zero-order valence-corrected chi connectivity index (χ0v) is 21.1. The van der Waals surface area contributed by atoms with Crippen molar-refractivity contribution in [2.75, 3.05) is 14.2 Å². The number of hydrogen-bond acceptors (Lipinski definition) is 2. The van der Waals surface area contributed by atoms with Crippen LogP contribution >= 0.6 is 0 Å². The first-order valence-electron chi connectivity index (χ1n) is 12.9. The highest BCUT2D eigenvalue weighted by Gasteiger charge is 2.11. The molecule has 0 aliphatic heterocycles. The highest BCUT2D eigenvalue weighted by molar-refractivity contribution is 5.27. The summed E-state index contributed by atoms with van der Waals surface area (Å²) in [5.74, 6) is 3.61. The molecule has 0 heterocycles. The van der Waals surface area contributed by atoms with Crippen LogP contribution in [-0.4, -0.2) is 14.2 Å². The first-order valence-corrected chi connectivity index (χ1v) is 12.9. The lowest BCUT2D eigenvalue weighted by atomic mass is 9.86. The Kier molecular flexibility index (Phi) is 13.0. The van der Waals surface area contributed by atoms with Crippen molar-refractivity contribution < 1.29 is 9.47 Å². The summed E-state index contributed by atoms with van der Waals surface area (Å²) in [6.07, 6.45) is 16.0. The molecule has 2 heteroatoms. The van der Waals surface area contributed by atoms with Gasteiger partial charge in [-0.2, -0.15) is 0 Å². The van der Waals surface area contributed by atoms with Crippen molar-refractivity contribution >= 4 is 0 Å². The molecule has 0 spiro atoms. The summed E-state index contributed by atoms with van der Waals surface area (Å²) in [4.78, 5) is 0. The Morgan fingerprint density at radius 3 is 1.19 bits per heavy atom. The van der Waals surface area contributed by atoms with Crippen molar-refractivity contribution in [1.82, 2.24) is 0 Å². The molecule has 32 heavy (non-hydrogen) atoms. The van der Waals surface area contributed by atoms with Crippen molar-refractivity contribution in [2.45, 2.75) is 90.9 Å². The van der Waals surface area contributed by atoms with Gasteiger partial charge in [0.05, 0.1) is 14.2 Å². The second-order valence-electron chi connectivity index (χ2n) is 9.56. The molecule has 2 atom stereocenters. The minimum Gasteiger partial charge on any atom is -0.497 e. The molecule has 0 saturated heterocycles. The lowest BCUT2D eigenvalue weighted by molar-refractivity contribution is 0.322. The molecular formula is C30H46O2. The summed E-state index contributed by atoms with van der Waals surface area (Å²) in [5, 5.41) is 0. The van der Waals surface area contributed by atoms with Gasteiger partial charge in [-0.15, -0.1) is 0 Å². The highest BCUT2D eigenvalue weighted by atomic mass is 16.5. The number of ether oxygens (including phenoxy) is 2. The average Bonchev–Trinajstić information content (AvgIpc) is 2.83. The molecule has 178 valence electrons. The van der Waals surface area contributed by atoms with Gasteiger partial charge >= 0.3 is 0 Å². The van der Waals surface area contributed by atoms with Gasteiger partial charge in [0.1, 0.15) is 11.5 Å². The van der Waals surface area contributed by atoms with E-state index in [0.717, 1.165) is 23.3 Å². The maximum Gasteiger partial charge on any atom is 0.118 e. The van der Waals surface area contributed by atoms with E-state index in [1.165, 1.54) is 88.2 Å². The predicted molar refractivity (Wildman–Crippen MR) is 138 cm³/mol. The van der Waals surface area contributed by atoms with Gasteiger partial charge in [0.2, 0.25) is 0 Å². The summed E-state index contributed by atoms with van der Waals surface area (Å²) >= 11 is 0. The normalized spacial score (nSPS) is 13.0. The minimum atomic E-state index is 0.857. The van der Waals surface area contributed by atoms with Crippen LogP contribution in [0.1, 0.15) is 89.2 Å². The first-order chi connectivity index (χ1) is 15.6. The summed E-state index contributed by atoms with van der Waals surface area (Å²) < 4.78 is 10.5. The topological polar surface area (TPSA) is 18.5 Å². The Morgan fingerprint density at radius 1 is 0.500 bits per heavy atom. The van der Waals surface area contributed by atoms with Crippen LogP contribution in [0.4, 0.5) is 0 Å². The molecule has 0 amide bonds. The van der Waals surface area contributed by atoms with Crippen LogP contribution in [0.15, 0.2) is 48.5 Å². The highest BCUT2D eigenvalue weighted by Crippen LogP contribution is 2.24. The smallest absolute Gasteiger partial charge is 0.118 e. The predicted octanol–water partition coefficient (Wildman–Crippen LogP) is 8.66. The molecule has 2 nitrogen and oxygen atoms in total.